The Hall–Kier alpha value is -3.08. The quantitative estimate of drug-likeness (QED) is 0.455. The molecule has 2 aromatic carbocycles. The summed E-state index contributed by atoms with van der Waals surface area (Å²) in [5.74, 6) is 6.15. The number of sulfonamides is 1. The van der Waals surface area contributed by atoms with Gasteiger partial charge in [-0.25, -0.2) is 8.42 Å². The second-order valence-corrected chi connectivity index (χ2v) is 8.48. The maximum atomic E-state index is 12.5. The predicted molar refractivity (Wildman–Crippen MR) is 122 cm³/mol. The van der Waals surface area contributed by atoms with Crippen LogP contribution < -0.4 is 10.1 Å². The van der Waals surface area contributed by atoms with Gasteiger partial charge in [-0.05, 0) is 42.3 Å². The molecule has 0 aromatic heterocycles. The number of rotatable bonds is 10. The number of carbonyl (C=O) groups excluding carboxylic acids is 1. The smallest absolute Gasteiger partial charge is 0.252 e. The van der Waals surface area contributed by atoms with Gasteiger partial charge in [0.15, 0.2) is 0 Å². The van der Waals surface area contributed by atoms with Crippen LogP contribution in [-0.2, 0) is 16.4 Å². The predicted octanol–water partition coefficient (Wildman–Crippen LogP) is 3.26. The summed E-state index contributed by atoms with van der Waals surface area (Å²) in [6.07, 6.45) is 2.53. The van der Waals surface area contributed by atoms with Gasteiger partial charge in [0.05, 0.1) is 11.4 Å². The average Bonchev–Trinajstić information content (AvgIpc) is 2.78. The maximum Gasteiger partial charge on any atom is 0.252 e. The summed E-state index contributed by atoms with van der Waals surface area (Å²) in [5.41, 5.74) is 1.41. The molecule has 2 aromatic rings. The van der Waals surface area contributed by atoms with Gasteiger partial charge in [0.25, 0.3) is 5.91 Å². The molecule has 0 saturated carbocycles. The minimum absolute atomic E-state index is 0.163. The lowest BCUT2D eigenvalue weighted by molar-refractivity contribution is 0.0958. The first-order valence-corrected chi connectivity index (χ1v) is 11.5. The van der Waals surface area contributed by atoms with Gasteiger partial charge in [-0.2, -0.15) is 4.31 Å². The van der Waals surface area contributed by atoms with Crippen LogP contribution in [0.2, 0.25) is 0 Å². The molecule has 0 atom stereocenters. The fourth-order valence-electron chi connectivity index (χ4n) is 2.91. The number of nitrogens with zero attached hydrogens (tertiary/aromatic N) is 1. The van der Waals surface area contributed by atoms with Gasteiger partial charge in [0, 0.05) is 18.7 Å². The molecule has 0 aliphatic carbocycles. The van der Waals surface area contributed by atoms with Crippen LogP contribution in [0.25, 0.3) is 0 Å². The molecule has 0 radical (unpaired) electrons. The Bertz CT molecular complexity index is 1050. The highest BCUT2D eigenvalue weighted by molar-refractivity contribution is 7.89. The Kier molecular flexibility index (Phi) is 9.32. The number of para-hydroxylation sites is 1. The van der Waals surface area contributed by atoms with Crippen molar-refractivity contribution in [1.29, 1.82) is 0 Å². The van der Waals surface area contributed by atoms with Crippen LogP contribution in [0.3, 0.4) is 0 Å². The standard InChI is InChI=1S/C24H28N2O4S/c1-4-11-20-12-7-8-13-23(20)30-19-10-9-18-25-24(27)21-14-16-22(17-15-21)31(28,29)26(5-2)6-3/h4,7-8,12-17H,1,5-6,11,18-19H2,2-3H3,(H,25,27). The van der Waals surface area contributed by atoms with E-state index < -0.39 is 10.0 Å². The molecule has 7 heteroatoms. The Morgan fingerprint density at radius 1 is 1.10 bits per heavy atom. The van der Waals surface area contributed by atoms with E-state index in [2.05, 4.69) is 23.7 Å². The lowest BCUT2D eigenvalue weighted by Gasteiger charge is -2.18. The molecular weight excluding hydrogens is 412 g/mol. The molecule has 0 saturated heterocycles. The molecule has 31 heavy (non-hydrogen) atoms. The second kappa shape index (κ2) is 11.9. The van der Waals surface area contributed by atoms with Gasteiger partial charge < -0.3 is 10.1 Å². The first-order valence-electron chi connectivity index (χ1n) is 10.1. The Balaban J connectivity index is 1.87. The number of nitrogens with one attached hydrogen (secondary N) is 1. The van der Waals surface area contributed by atoms with Crippen LogP contribution in [0.5, 0.6) is 5.75 Å². The molecule has 0 aliphatic heterocycles. The minimum Gasteiger partial charge on any atom is -0.481 e. The van der Waals surface area contributed by atoms with Crippen molar-refractivity contribution in [2.45, 2.75) is 25.2 Å². The second-order valence-electron chi connectivity index (χ2n) is 6.54. The third kappa shape index (κ3) is 6.71. The summed E-state index contributed by atoms with van der Waals surface area (Å²) >= 11 is 0. The highest BCUT2D eigenvalue weighted by Gasteiger charge is 2.21. The maximum absolute atomic E-state index is 12.5. The van der Waals surface area contributed by atoms with Gasteiger partial charge in [0.2, 0.25) is 10.0 Å². The van der Waals surface area contributed by atoms with E-state index in [-0.39, 0.29) is 24.0 Å². The normalized spacial score (nSPS) is 10.8. The van der Waals surface area contributed by atoms with Gasteiger partial charge in [-0.3, -0.25) is 4.79 Å². The molecule has 6 nitrogen and oxygen atoms in total. The van der Waals surface area contributed by atoms with E-state index in [0.717, 1.165) is 11.3 Å². The summed E-state index contributed by atoms with van der Waals surface area (Å²) in [4.78, 5) is 12.4. The molecule has 0 aliphatic rings. The summed E-state index contributed by atoms with van der Waals surface area (Å²) in [6.45, 7) is 8.47. The molecule has 164 valence electrons. The number of benzene rings is 2. The fourth-order valence-corrected chi connectivity index (χ4v) is 4.37. The topological polar surface area (TPSA) is 75.7 Å². The minimum atomic E-state index is -3.54. The largest absolute Gasteiger partial charge is 0.481 e. The van der Waals surface area contributed by atoms with E-state index in [0.29, 0.717) is 25.1 Å². The lowest BCUT2D eigenvalue weighted by atomic mass is 10.1. The van der Waals surface area contributed by atoms with Crippen molar-refractivity contribution in [1.82, 2.24) is 9.62 Å². The zero-order valence-electron chi connectivity index (χ0n) is 17.9. The van der Waals surface area contributed by atoms with Crippen molar-refractivity contribution < 1.29 is 17.9 Å². The summed E-state index contributed by atoms with van der Waals surface area (Å²) < 4.78 is 32.0. The molecule has 0 unspecified atom stereocenters. The highest BCUT2D eigenvalue weighted by Crippen LogP contribution is 2.18. The Labute approximate surface area is 185 Å². The summed E-state index contributed by atoms with van der Waals surface area (Å²) in [7, 11) is -3.54. The SMILES string of the molecule is C=CCc1ccccc1OCC#CCNC(=O)c1ccc(S(=O)(=O)N(CC)CC)cc1. The van der Waals surface area contributed by atoms with Gasteiger partial charge in [0.1, 0.15) is 12.4 Å². The van der Waals surface area contributed by atoms with Crippen molar-refractivity contribution in [2.75, 3.05) is 26.2 Å². The van der Waals surface area contributed by atoms with Gasteiger partial charge >= 0.3 is 0 Å². The number of ether oxygens (including phenoxy) is 1. The summed E-state index contributed by atoms with van der Waals surface area (Å²) in [5, 5.41) is 2.69. The van der Waals surface area contributed by atoms with Crippen LogP contribution in [0.1, 0.15) is 29.8 Å². The molecule has 0 bridgehead atoms. The van der Waals surface area contributed by atoms with Gasteiger partial charge in [-0.1, -0.05) is 50.0 Å². The van der Waals surface area contributed by atoms with Crippen LogP contribution in [0.4, 0.5) is 0 Å². The van der Waals surface area contributed by atoms with Crippen LogP contribution in [0, 0.1) is 11.8 Å². The third-order valence-electron chi connectivity index (χ3n) is 4.56. The molecule has 0 spiro atoms. The first-order chi connectivity index (χ1) is 14.9. The third-order valence-corrected chi connectivity index (χ3v) is 6.62. The molecule has 1 amide bonds. The molecule has 0 heterocycles. The monoisotopic (exact) mass is 440 g/mol. The van der Waals surface area contributed by atoms with Gasteiger partial charge in [-0.15, -0.1) is 6.58 Å². The van der Waals surface area contributed by atoms with Crippen molar-refractivity contribution in [3.63, 3.8) is 0 Å². The first kappa shape index (κ1) is 24.2. The van der Waals surface area contributed by atoms with E-state index in [4.69, 9.17) is 4.74 Å². The van der Waals surface area contributed by atoms with Crippen molar-refractivity contribution >= 4 is 15.9 Å². The molecule has 0 fully saturated rings. The van der Waals surface area contributed by atoms with Crippen LogP contribution >= 0.6 is 0 Å². The average molecular weight is 441 g/mol. The van der Waals surface area contributed by atoms with E-state index in [1.54, 1.807) is 13.8 Å². The molecule has 2 rings (SSSR count). The fraction of sp³-hybridized carbons (Fsp3) is 0.292. The number of hydrogen-bond acceptors (Lipinski definition) is 4. The van der Waals surface area contributed by atoms with E-state index in [1.165, 1.54) is 28.6 Å². The van der Waals surface area contributed by atoms with Crippen molar-refractivity contribution in [3.05, 3.63) is 72.3 Å². The van der Waals surface area contributed by atoms with E-state index in [1.807, 2.05) is 30.3 Å². The number of carbonyl (C=O) groups is 1. The Morgan fingerprint density at radius 2 is 1.77 bits per heavy atom. The van der Waals surface area contributed by atoms with E-state index >= 15 is 0 Å². The number of allylic oxidation sites excluding steroid dienone is 1. The van der Waals surface area contributed by atoms with Crippen molar-refractivity contribution in [2.24, 2.45) is 0 Å². The summed E-state index contributed by atoms with van der Waals surface area (Å²) in [6, 6.07) is 13.6. The molecular formula is C24H28N2O4S. The van der Waals surface area contributed by atoms with Crippen LogP contribution in [0.15, 0.2) is 66.1 Å². The highest BCUT2D eigenvalue weighted by atomic mass is 32.2. The zero-order chi connectivity index (χ0) is 22.7. The van der Waals surface area contributed by atoms with Crippen molar-refractivity contribution in [3.8, 4) is 17.6 Å². The Morgan fingerprint density at radius 3 is 2.42 bits per heavy atom. The zero-order valence-corrected chi connectivity index (χ0v) is 18.7. The number of amides is 1. The van der Waals surface area contributed by atoms with Crippen LogP contribution in [-0.4, -0.2) is 44.9 Å². The lowest BCUT2D eigenvalue weighted by Crippen LogP contribution is -2.30. The number of hydrogen-bond donors (Lipinski definition) is 1. The van der Waals surface area contributed by atoms with E-state index in [9.17, 15) is 13.2 Å². The molecule has 1 N–H and O–H groups in total.